The van der Waals surface area contributed by atoms with Crippen molar-refractivity contribution in [3.63, 3.8) is 0 Å². The maximum atomic E-state index is 13.6. The number of benzene rings is 2. The molecule has 0 saturated heterocycles. The molecule has 2 aromatic carbocycles. The van der Waals surface area contributed by atoms with Crippen molar-refractivity contribution >= 4 is 34.3 Å². The monoisotopic (exact) mass is 561 g/mol. The van der Waals surface area contributed by atoms with Gasteiger partial charge in [-0.15, -0.1) is 0 Å². The van der Waals surface area contributed by atoms with Gasteiger partial charge in [-0.1, -0.05) is 12.1 Å². The fraction of sp³-hybridized carbons (Fsp3) is 0.464. The average molecular weight is 562 g/mol. The number of para-hydroxylation sites is 1. The number of rotatable bonds is 9. The number of amides is 1. The van der Waals surface area contributed by atoms with Gasteiger partial charge in [0.25, 0.3) is 0 Å². The van der Waals surface area contributed by atoms with Gasteiger partial charge in [0.1, 0.15) is 5.82 Å². The highest BCUT2D eigenvalue weighted by Crippen LogP contribution is 2.42. The van der Waals surface area contributed by atoms with E-state index in [0.29, 0.717) is 31.6 Å². The number of aromatic nitrogens is 2. The van der Waals surface area contributed by atoms with Crippen LogP contribution >= 0.6 is 0 Å². The zero-order valence-electron chi connectivity index (χ0n) is 23.2. The van der Waals surface area contributed by atoms with Gasteiger partial charge in [0.15, 0.2) is 11.5 Å². The molecule has 0 bridgehead atoms. The molecule has 4 rings (SSSR count). The average Bonchev–Trinajstić information content (AvgIpc) is 2.94. The number of anilines is 3. The van der Waals surface area contributed by atoms with Crippen LogP contribution in [0.25, 0.3) is 10.9 Å². The van der Waals surface area contributed by atoms with Gasteiger partial charge in [-0.05, 0) is 43.7 Å². The molecule has 216 valence electrons. The highest BCUT2D eigenvalue weighted by atomic mass is 19.4. The van der Waals surface area contributed by atoms with E-state index in [1.165, 1.54) is 33.5 Å². The number of ether oxygens (including phenoxy) is 3. The summed E-state index contributed by atoms with van der Waals surface area (Å²) in [6.45, 7) is -0.0963. The van der Waals surface area contributed by atoms with Crippen molar-refractivity contribution in [3.8, 4) is 17.2 Å². The smallest absolute Gasteiger partial charge is 0.471 e. The molecule has 0 radical (unpaired) electrons. The standard InChI is InChI=1S/C28H34F3N5O4/c1-35(2)25-20-8-6-7-9-21(20)33-27(34-25)32-18-12-10-17(11-13-18)16-36(26(37)28(29,30)31)19-14-22(38-3)24(40-5)23(15-19)39-4/h6-9,14-15,17-18H,10-13,16H2,1-5H3,(H,32,33,34). The first-order valence-electron chi connectivity index (χ1n) is 12.9. The Morgan fingerprint density at radius 3 is 2.15 bits per heavy atom. The Morgan fingerprint density at radius 1 is 0.975 bits per heavy atom. The first-order chi connectivity index (χ1) is 19.0. The van der Waals surface area contributed by atoms with Gasteiger partial charge >= 0.3 is 12.1 Å². The predicted molar refractivity (Wildman–Crippen MR) is 148 cm³/mol. The van der Waals surface area contributed by atoms with Crippen LogP contribution < -0.4 is 29.3 Å². The molecule has 12 heteroatoms. The molecule has 1 aliphatic carbocycles. The molecule has 1 saturated carbocycles. The van der Waals surface area contributed by atoms with Gasteiger partial charge in [-0.25, -0.2) is 4.98 Å². The number of nitrogens with one attached hydrogen (secondary N) is 1. The van der Waals surface area contributed by atoms with Crippen molar-refractivity contribution in [3.05, 3.63) is 36.4 Å². The number of methoxy groups -OCH3 is 3. The van der Waals surface area contributed by atoms with Crippen LogP contribution in [-0.4, -0.2) is 70.1 Å². The lowest BCUT2D eigenvalue weighted by molar-refractivity contribution is -0.170. The quantitative estimate of drug-likeness (QED) is 0.377. The molecule has 1 amide bonds. The summed E-state index contributed by atoms with van der Waals surface area (Å²) in [5.74, 6) is -0.214. The van der Waals surface area contributed by atoms with Crippen molar-refractivity contribution in [1.29, 1.82) is 0 Å². The first-order valence-corrected chi connectivity index (χ1v) is 12.9. The predicted octanol–water partition coefficient (Wildman–Crippen LogP) is 5.29. The lowest BCUT2D eigenvalue weighted by Gasteiger charge is -2.34. The van der Waals surface area contributed by atoms with Crippen molar-refractivity contribution in [2.45, 2.75) is 37.9 Å². The summed E-state index contributed by atoms with van der Waals surface area (Å²) in [6.07, 6.45) is -2.41. The number of nitrogens with zero attached hydrogens (tertiary/aromatic N) is 4. The van der Waals surface area contributed by atoms with Crippen LogP contribution in [0.5, 0.6) is 17.2 Å². The van der Waals surface area contributed by atoms with Gasteiger partial charge in [0.05, 0.1) is 32.5 Å². The lowest BCUT2D eigenvalue weighted by Crippen LogP contribution is -2.44. The summed E-state index contributed by atoms with van der Waals surface area (Å²) < 4.78 is 56.8. The van der Waals surface area contributed by atoms with Gasteiger partial charge in [0, 0.05) is 44.2 Å². The van der Waals surface area contributed by atoms with E-state index in [-0.39, 0.29) is 41.4 Å². The highest BCUT2D eigenvalue weighted by Gasteiger charge is 2.44. The fourth-order valence-electron chi connectivity index (χ4n) is 5.08. The molecule has 0 unspecified atom stereocenters. The van der Waals surface area contributed by atoms with Gasteiger partial charge in [-0.2, -0.15) is 18.2 Å². The summed E-state index contributed by atoms with van der Waals surface area (Å²) in [5, 5.41) is 4.35. The number of halogens is 3. The van der Waals surface area contributed by atoms with E-state index in [0.717, 1.165) is 21.6 Å². The maximum Gasteiger partial charge on any atom is 0.471 e. The molecule has 1 aromatic heterocycles. The van der Waals surface area contributed by atoms with Crippen molar-refractivity contribution in [1.82, 2.24) is 9.97 Å². The van der Waals surface area contributed by atoms with E-state index in [4.69, 9.17) is 19.2 Å². The molecule has 1 aliphatic rings. The third kappa shape index (κ3) is 6.26. The van der Waals surface area contributed by atoms with Crippen molar-refractivity contribution < 1.29 is 32.2 Å². The molecule has 1 N–H and O–H groups in total. The van der Waals surface area contributed by atoms with E-state index in [2.05, 4.69) is 10.3 Å². The Labute approximate surface area is 231 Å². The Kier molecular flexibility index (Phi) is 8.75. The lowest BCUT2D eigenvalue weighted by atomic mass is 9.85. The van der Waals surface area contributed by atoms with Crippen LogP contribution in [0, 0.1) is 5.92 Å². The summed E-state index contributed by atoms with van der Waals surface area (Å²) in [4.78, 5) is 24.6. The Bertz CT molecular complexity index is 1320. The van der Waals surface area contributed by atoms with E-state index in [1.807, 2.05) is 43.3 Å². The molecule has 0 aliphatic heterocycles. The minimum Gasteiger partial charge on any atom is -0.493 e. The molecule has 0 atom stereocenters. The van der Waals surface area contributed by atoms with E-state index in [9.17, 15) is 18.0 Å². The normalized spacial score (nSPS) is 17.3. The van der Waals surface area contributed by atoms with Crippen LogP contribution in [0.15, 0.2) is 36.4 Å². The second-order valence-corrected chi connectivity index (χ2v) is 9.94. The van der Waals surface area contributed by atoms with Gasteiger partial charge < -0.3 is 29.3 Å². The summed E-state index contributed by atoms with van der Waals surface area (Å²) in [6, 6.07) is 10.5. The molecule has 0 spiro atoms. The molecular formula is C28H34F3N5O4. The minimum absolute atomic E-state index is 0.0258. The Balaban J connectivity index is 1.50. The largest absolute Gasteiger partial charge is 0.493 e. The third-order valence-electron chi connectivity index (χ3n) is 7.08. The van der Waals surface area contributed by atoms with Crippen molar-refractivity contribution in [2.24, 2.45) is 5.92 Å². The number of hydrogen-bond donors (Lipinski definition) is 1. The zero-order chi connectivity index (χ0) is 29.0. The number of fused-ring (bicyclic) bond motifs is 1. The zero-order valence-corrected chi connectivity index (χ0v) is 23.2. The fourth-order valence-corrected chi connectivity index (χ4v) is 5.08. The maximum absolute atomic E-state index is 13.6. The first kappa shape index (κ1) is 29.0. The molecule has 40 heavy (non-hydrogen) atoms. The molecular weight excluding hydrogens is 527 g/mol. The Morgan fingerprint density at radius 2 is 1.60 bits per heavy atom. The molecule has 3 aromatic rings. The van der Waals surface area contributed by atoms with Crippen LogP contribution in [-0.2, 0) is 4.79 Å². The van der Waals surface area contributed by atoms with Crippen molar-refractivity contribution in [2.75, 3.05) is 57.1 Å². The van der Waals surface area contributed by atoms with Crippen LogP contribution in [0.2, 0.25) is 0 Å². The third-order valence-corrected chi connectivity index (χ3v) is 7.08. The molecule has 1 heterocycles. The van der Waals surface area contributed by atoms with E-state index in [1.54, 1.807) is 0 Å². The van der Waals surface area contributed by atoms with Gasteiger partial charge in [0.2, 0.25) is 11.7 Å². The minimum atomic E-state index is -5.04. The molecule has 9 nitrogen and oxygen atoms in total. The number of carbonyl (C=O) groups is 1. The summed E-state index contributed by atoms with van der Waals surface area (Å²) in [7, 11) is 7.98. The highest BCUT2D eigenvalue weighted by molar-refractivity contribution is 5.98. The Hall–Kier alpha value is -3.96. The van der Waals surface area contributed by atoms with E-state index < -0.39 is 12.1 Å². The van der Waals surface area contributed by atoms with Crippen LogP contribution in [0.1, 0.15) is 25.7 Å². The van der Waals surface area contributed by atoms with Crippen LogP contribution in [0.3, 0.4) is 0 Å². The summed E-state index contributed by atoms with van der Waals surface area (Å²) in [5.41, 5.74) is 0.849. The number of carbonyl (C=O) groups excluding carboxylic acids is 1. The number of alkyl halides is 3. The second-order valence-electron chi connectivity index (χ2n) is 9.94. The molecule has 1 fully saturated rings. The second kappa shape index (κ2) is 12.1. The number of hydrogen-bond acceptors (Lipinski definition) is 8. The SMILES string of the molecule is COc1cc(N(CC2CCC(Nc3nc(N(C)C)c4ccccc4n3)CC2)C(=O)C(F)(F)F)cc(OC)c1OC. The van der Waals surface area contributed by atoms with E-state index >= 15 is 0 Å². The topological polar surface area (TPSA) is 89.1 Å². The van der Waals surface area contributed by atoms with Gasteiger partial charge in [-0.3, -0.25) is 4.79 Å². The summed E-state index contributed by atoms with van der Waals surface area (Å²) >= 11 is 0. The van der Waals surface area contributed by atoms with Crippen LogP contribution in [0.4, 0.5) is 30.6 Å².